The van der Waals surface area contributed by atoms with Crippen LogP contribution in [0.5, 0.6) is 5.75 Å². The maximum atomic E-state index is 5.72. The zero-order valence-corrected chi connectivity index (χ0v) is 15.3. The maximum Gasteiger partial charge on any atom is 0.119 e. The van der Waals surface area contributed by atoms with E-state index in [-0.39, 0.29) is 0 Å². The molecule has 1 saturated heterocycles. The van der Waals surface area contributed by atoms with Gasteiger partial charge in [-0.1, -0.05) is 49.7 Å². The van der Waals surface area contributed by atoms with Crippen LogP contribution in [0.3, 0.4) is 0 Å². The van der Waals surface area contributed by atoms with E-state index in [1.807, 2.05) is 0 Å². The van der Waals surface area contributed by atoms with Gasteiger partial charge in [-0.15, -0.1) is 0 Å². The molecule has 3 heteroatoms. The largest absolute Gasteiger partial charge is 0.494 e. The highest BCUT2D eigenvalue weighted by molar-refractivity contribution is 8.08. The minimum Gasteiger partial charge on any atom is -0.494 e. The van der Waals surface area contributed by atoms with Crippen molar-refractivity contribution in [3.63, 3.8) is 0 Å². The summed E-state index contributed by atoms with van der Waals surface area (Å²) in [7, 11) is 0. The Bertz CT molecular complexity index is 588. The monoisotopic (exact) mass is 344 g/mol. The van der Waals surface area contributed by atoms with Crippen molar-refractivity contribution in [2.24, 2.45) is 0 Å². The minimum absolute atomic E-state index is 0.807. The molecule has 1 nitrogen and oxygen atoms in total. The van der Waals surface area contributed by atoms with Gasteiger partial charge < -0.3 is 4.74 Å². The lowest BCUT2D eigenvalue weighted by atomic mass is 10.0. The van der Waals surface area contributed by atoms with E-state index in [4.69, 9.17) is 4.74 Å². The topological polar surface area (TPSA) is 9.23 Å². The molecule has 0 saturated carbocycles. The molecule has 1 fully saturated rings. The van der Waals surface area contributed by atoms with Crippen LogP contribution in [-0.2, 0) is 5.75 Å². The van der Waals surface area contributed by atoms with Crippen LogP contribution >= 0.6 is 23.5 Å². The van der Waals surface area contributed by atoms with Gasteiger partial charge in [0.05, 0.1) is 6.61 Å². The fraction of sp³-hybridized carbons (Fsp3) is 0.400. The van der Waals surface area contributed by atoms with Gasteiger partial charge >= 0.3 is 0 Å². The molecule has 1 unspecified atom stereocenters. The number of unbranched alkanes of at least 4 members (excludes halogenated alkanes) is 1. The van der Waals surface area contributed by atoms with Crippen molar-refractivity contribution in [2.45, 2.75) is 30.8 Å². The summed E-state index contributed by atoms with van der Waals surface area (Å²) in [6, 6.07) is 17.4. The molecule has 122 valence electrons. The van der Waals surface area contributed by atoms with Crippen LogP contribution < -0.4 is 4.74 Å². The average molecular weight is 345 g/mol. The molecule has 2 aromatic carbocycles. The van der Waals surface area contributed by atoms with E-state index in [0.717, 1.165) is 29.8 Å². The molecule has 0 aromatic heterocycles. The van der Waals surface area contributed by atoms with Crippen LogP contribution in [0.25, 0.3) is 11.1 Å². The van der Waals surface area contributed by atoms with Gasteiger partial charge in [-0.25, -0.2) is 0 Å². The molecule has 0 radical (unpaired) electrons. The molecule has 1 atom stereocenters. The zero-order valence-electron chi connectivity index (χ0n) is 13.7. The lowest BCUT2D eigenvalue weighted by molar-refractivity contribution is 0.309. The second-order valence-corrected chi connectivity index (χ2v) is 8.26. The summed E-state index contributed by atoms with van der Waals surface area (Å²) in [5, 5.41) is 0.928. The number of hydrogen-bond acceptors (Lipinski definition) is 3. The Labute approximate surface area is 148 Å². The molecule has 2 aromatic rings. The number of thioether (sulfide) groups is 2. The van der Waals surface area contributed by atoms with E-state index < -0.39 is 0 Å². The van der Waals surface area contributed by atoms with Crippen molar-refractivity contribution in [3.05, 3.63) is 54.1 Å². The molecule has 23 heavy (non-hydrogen) atoms. The number of rotatable bonds is 9. The van der Waals surface area contributed by atoms with E-state index in [1.165, 1.54) is 34.6 Å². The molecule has 3 rings (SSSR count). The highest BCUT2D eigenvalue weighted by atomic mass is 32.2. The Balaban J connectivity index is 1.53. The molecule has 0 aliphatic carbocycles. The molecule has 1 aliphatic rings. The van der Waals surface area contributed by atoms with Crippen LogP contribution in [0.4, 0.5) is 0 Å². The molecule has 0 bridgehead atoms. The molecular weight excluding hydrogens is 320 g/mol. The lowest BCUT2D eigenvalue weighted by Gasteiger charge is -2.07. The summed E-state index contributed by atoms with van der Waals surface area (Å²) in [6.07, 6.45) is 2.28. The molecule has 0 spiro atoms. The normalized spacial score (nSPS) is 16.3. The summed E-state index contributed by atoms with van der Waals surface area (Å²) in [4.78, 5) is 0. The van der Waals surface area contributed by atoms with Gasteiger partial charge in [-0.05, 0) is 35.2 Å². The molecule has 0 N–H and O–H groups in total. The Morgan fingerprint density at radius 2 is 1.70 bits per heavy atom. The predicted molar refractivity (Wildman–Crippen MR) is 105 cm³/mol. The average Bonchev–Trinajstić information content (AvgIpc) is 3.41. The standard InChI is InChI=1S/C20H24OS2/c1-2-3-12-21-19-10-8-18(9-11-19)17-6-4-16(5-7-17)13-22-14-20-15-23-20/h4-11,20H,2-3,12-15H2,1H3. The van der Waals surface area contributed by atoms with Crippen molar-refractivity contribution in [1.82, 2.24) is 0 Å². The third kappa shape index (κ3) is 5.50. The van der Waals surface area contributed by atoms with Gasteiger partial charge in [0.1, 0.15) is 5.75 Å². The summed E-state index contributed by atoms with van der Waals surface area (Å²) in [5.41, 5.74) is 3.95. The second-order valence-electron chi connectivity index (χ2n) is 5.89. The first-order chi connectivity index (χ1) is 11.3. The van der Waals surface area contributed by atoms with E-state index in [0.29, 0.717) is 0 Å². The Kier molecular flexibility index (Phi) is 6.35. The SMILES string of the molecule is CCCCOc1ccc(-c2ccc(CSCC3CS3)cc2)cc1. The summed E-state index contributed by atoms with van der Waals surface area (Å²) < 4.78 is 5.72. The van der Waals surface area contributed by atoms with Crippen molar-refractivity contribution in [3.8, 4) is 16.9 Å². The molecular formula is C20H24OS2. The Morgan fingerprint density at radius 3 is 2.30 bits per heavy atom. The molecule has 1 heterocycles. The van der Waals surface area contributed by atoms with Gasteiger partial charge in [-0.2, -0.15) is 23.5 Å². The quantitative estimate of drug-likeness (QED) is 0.415. The smallest absolute Gasteiger partial charge is 0.119 e. The van der Waals surface area contributed by atoms with Gasteiger partial charge in [-0.3, -0.25) is 0 Å². The van der Waals surface area contributed by atoms with Crippen molar-refractivity contribution < 1.29 is 4.74 Å². The second kappa shape index (κ2) is 8.70. The Hall–Kier alpha value is -1.06. The third-order valence-electron chi connectivity index (χ3n) is 3.88. The first-order valence-corrected chi connectivity index (χ1v) is 10.6. The number of hydrogen-bond donors (Lipinski definition) is 0. The summed E-state index contributed by atoms with van der Waals surface area (Å²) in [5.74, 6) is 4.76. The van der Waals surface area contributed by atoms with Crippen LogP contribution in [-0.4, -0.2) is 23.4 Å². The van der Waals surface area contributed by atoms with Crippen molar-refractivity contribution >= 4 is 23.5 Å². The van der Waals surface area contributed by atoms with Gasteiger partial charge in [0.25, 0.3) is 0 Å². The lowest BCUT2D eigenvalue weighted by Crippen LogP contribution is -1.95. The fourth-order valence-electron chi connectivity index (χ4n) is 2.34. The van der Waals surface area contributed by atoms with Crippen LogP contribution in [0.2, 0.25) is 0 Å². The van der Waals surface area contributed by atoms with Gasteiger partial charge in [0, 0.05) is 22.5 Å². The van der Waals surface area contributed by atoms with E-state index >= 15 is 0 Å². The van der Waals surface area contributed by atoms with Crippen molar-refractivity contribution in [1.29, 1.82) is 0 Å². The molecule has 1 aliphatic heterocycles. The predicted octanol–water partition coefficient (Wildman–Crippen LogP) is 5.88. The minimum atomic E-state index is 0.807. The first-order valence-electron chi connectivity index (χ1n) is 8.36. The van der Waals surface area contributed by atoms with Gasteiger partial charge in [0.15, 0.2) is 0 Å². The van der Waals surface area contributed by atoms with Crippen LogP contribution in [0.1, 0.15) is 25.3 Å². The van der Waals surface area contributed by atoms with Crippen LogP contribution in [0, 0.1) is 0 Å². The van der Waals surface area contributed by atoms with E-state index in [1.54, 1.807) is 0 Å². The third-order valence-corrected chi connectivity index (χ3v) is 6.24. The first kappa shape index (κ1) is 16.8. The summed E-state index contributed by atoms with van der Waals surface area (Å²) >= 11 is 4.13. The zero-order chi connectivity index (χ0) is 15.9. The fourth-order valence-corrected chi connectivity index (χ4v) is 4.35. The number of ether oxygens (including phenoxy) is 1. The van der Waals surface area contributed by atoms with Gasteiger partial charge in [0.2, 0.25) is 0 Å². The van der Waals surface area contributed by atoms with Crippen LogP contribution in [0.15, 0.2) is 48.5 Å². The molecule has 0 amide bonds. The summed E-state index contributed by atoms with van der Waals surface area (Å²) in [6.45, 7) is 2.99. The maximum absolute atomic E-state index is 5.72. The Morgan fingerprint density at radius 1 is 1.04 bits per heavy atom. The highest BCUT2D eigenvalue weighted by Gasteiger charge is 2.21. The van der Waals surface area contributed by atoms with Crippen molar-refractivity contribution in [2.75, 3.05) is 18.1 Å². The van der Waals surface area contributed by atoms with E-state index in [2.05, 4.69) is 79.0 Å². The highest BCUT2D eigenvalue weighted by Crippen LogP contribution is 2.34. The van der Waals surface area contributed by atoms with E-state index in [9.17, 15) is 0 Å². The number of benzene rings is 2.